The lowest BCUT2D eigenvalue weighted by atomic mass is 9.97. The fourth-order valence-corrected chi connectivity index (χ4v) is 5.30. The van der Waals surface area contributed by atoms with E-state index in [0.29, 0.717) is 24.1 Å². The number of hydrogen-bond donors (Lipinski definition) is 2. The molecule has 0 bridgehead atoms. The van der Waals surface area contributed by atoms with Gasteiger partial charge >= 0.3 is 0 Å². The molecule has 0 aliphatic carbocycles. The minimum Gasteiger partial charge on any atom is -0.350 e. The number of sulfonamides is 1. The fraction of sp³-hybridized carbons (Fsp3) is 0.417. The van der Waals surface area contributed by atoms with Crippen LogP contribution in [0.5, 0.6) is 0 Å². The van der Waals surface area contributed by atoms with Crippen molar-refractivity contribution in [1.82, 2.24) is 9.62 Å². The molecule has 1 aliphatic heterocycles. The van der Waals surface area contributed by atoms with Crippen LogP contribution in [0.15, 0.2) is 48.5 Å². The molecule has 3 rings (SSSR count). The first-order valence-electron chi connectivity index (χ1n) is 11.1. The monoisotopic (exact) mass is 475 g/mol. The van der Waals surface area contributed by atoms with Crippen molar-refractivity contribution >= 4 is 27.5 Å². The van der Waals surface area contributed by atoms with Gasteiger partial charge in [-0.15, -0.1) is 0 Å². The Morgan fingerprint density at radius 3 is 2.39 bits per heavy atom. The van der Waals surface area contributed by atoms with Gasteiger partial charge in [0.05, 0.1) is 17.0 Å². The molecule has 1 heterocycles. The summed E-state index contributed by atoms with van der Waals surface area (Å²) < 4.78 is 40.6. The van der Waals surface area contributed by atoms with Crippen molar-refractivity contribution < 1.29 is 22.4 Å². The number of benzene rings is 2. The highest BCUT2D eigenvalue weighted by Crippen LogP contribution is 2.24. The van der Waals surface area contributed by atoms with E-state index in [9.17, 15) is 22.4 Å². The van der Waals surface area contributed by atoms with Crippen LogP contribution < -0.4 is 10.6 Å². The van der Waals surface area contributed by atoms with Gasteiger partial charge in [0.2, 0.25) is 15.9 Å². The Balaban J connectivity index is 1.60. The first kappa shape index (κ1) is 24.9. The minimum absolute atomic E-state index is 0.0110. The number of para-hydroxylation sites is 1. The van der Waals surface area contributed by atoms with Gasteiger partial charge in [-0.05, 0) is 44.4 Å². The number of hydrogen-bond acceptors (Lipinski definition) is 4. The number of rotatable bonds is 8. The van der Waals surface area contributed by atoms with E-state index in [2.05, 4.69) is 10.6 Å². The molecular weight excluding hydrogens is 445 g/mol. The van der Waals surface area contributed by atoms with Crippen molar-refractivity contribution in [1.29, 1.82) is 0 Å². The number of piperidine rings is 1. The summed E-state index contributed by atoms with van der Waals surface area (Å²) in [4.78, 5) is 25.4. The molecule has 1 atom stereocenters. The van der Waals surface area contributed by atoms with Crippen LogP contribution in [0.4, 0.5) is 10.1 Å². The third-order valence-corrected chi connectivity index (χ3v) is 7.76. The van der Waals surface area contributed by atoms with Crippen molar-refractivity contribution in [3.63, 3.8) is 0 Å². The van der Waals surface area contributed by atoms with Crippen LogP contribution in [-0.2, 0) is 20.6 Å². The van der Waals surface area contributed by atoms with Crippen molar-refractivity contribution in [3.8, 4) is 0 Å². The van der Waals surface area contributed by atoms with Crippen LogP contribution in [0.3, 0.4) is 0 Å². The van der Waals surface area contributed by atoms with Crippen LogP contribution in [-0.4, -0.2) is 43.7 Å². The maximum absolute atomic E-state index is 13.9. The Kier molecular flexibility index (Phi) is 8.20. The third kappa shape index (κ3) is 6.39. The van der Waals surface area contributed by atoms with Gasteiger partial charge in [-0.1, -0.05) is 37.3 Å². The van der Waals surface area contributed by atoms with Gasteiger partial charge in [-0.2, -0.15) is 0 Å². The maximum Gasteiger partial charge on any atom is 0.253 e. The Bertz CT molecular complexity index is 1100. The number of halogens is 1. The lowest BCUT2D eigenvalue weighted by Crippen LogP contribution is -2.42. The zero-order chi connectivity index (χ0) is 24.0. The molecule has 7 nitrogen and oxygen atoms in total. The number of nitrogens with one attached hydrogen (secondary N) is 2. The molecule has 0 spiro atoms. The van der Waals surface area contributed by atoms with E-state index in [0.717, 1.165) is 6.42 Å². The lowest BCUT2D eigenvalue weighted by molar-refractivity contribution is -0.120. The summed E-state index contributed by atoms with van der Waals surface area (Å²) in [6, 6.07) is 12.6. The van der Waals surface area contributed by atoms with Gasteiger partial charge in [0.15, 0.2) is 0 Å². The summed E-state index contributed by atoms with van der Waals surface area (Å²) >= 11 is 0. The second-order valence-electron chi connectivity index (χ2n) is 8.34. The van der Waals surface area contributed by atoms with Gasteiger partial charge < -0.3 is 10.6 Å². The summed E-state index contributed by atoms with van der Waals surface area (Å²) in [5, 5.41) is 5.73. The predicted molar refractivity (Wildman–Crippen MR) is 126 cm³/mol. The summed E-state index contributed by atoms with van der Waals surface area (Å²) in [5.74, 6) is -1.84. The van der Waals surface area contributed by atoms with Crippen molar-refractivity contribution in [2.45, 2.75) is 44.9 Å². The highest BCUT2D eigenvalue weighted by molar-refractivity contribution is 7.88. The smallest absolute Gasteiger partial charge is 0.253 e. The molecule has 1 fully saturated rings. The molecular formula is C24H30FN3O4S. The maximum atomic E-state index is 13.9. The quantitative estimate of drug-likeness (QED) is 0.611. The van der Waals surface area contributed by atoms with Gasteiger partial charge in [0.1, 0.15) is 5.82 Å². The average Bonchev–Trinajstić information content (AvgIpc) is 2.80. The fourth-order valence-electron chi connectivity index (χ4n) is 3.73. The van der Waals surface area contributed by atoms with Crippen LogP contribution >= 0.6 is 0 Å². The molecule has 1 aliphatic rings. The molecule has 9 heteroatoms. The first-order chi connectivity index (χ1) is 15.7. The van der Waals surface area contributed by atoms with Crippen LogP contribution in [0.25, 0.3) is 0 Å². The second-order valence-corrected chi connectivity index (χ2v) is 10.3. The molecule has 1 saturated heterocycles. The zero-order valence-corrected chi connectivity index (χ0v) is 19.7. The van der Waals surface area contributed by atoms with E-state index in [-0.39, 0.29) is 42.4 Å². The average molecular weight is 476 g/mol. The Labute approximate surface area is 194 Å². The van der Waals surface area contributed by atoms with E-state index in [1.54, 1.807) is 30.3 Å². The Hall–Kier alpha value is -2.78. The van der Waals surface area contributed by atoms with Gasteiger partial charge in [0, 0.05) is 30.6 Å². The summed E-state index contributed by atoms with van der Waals surface area (Å²) in [5.41, 5.74) is 0.943. The molecule has 2 aromatic rings. The summed E-state index contributed by atoms with van der Waals surface area (Å²) in [6.07, 6.45) is 1.49. The topological polar surface area (TPSA) is 95.6 Å². The molecule has 33 heavy (non-hydrogen) atoms. The van der Waals surface area contributed by atoms with Crippen molar-refractivity contribution in [2.24, 2.45) is 5.92 Å². The zero-order valence-electron chi connectivity index (χ0n) is 18.9. The Morgan fingerprint density at radius 2 is 1.73 bits per heavy atom. The molecule has 0 aromatic heterocycles. The summed E-state index contributed by atoms with van der Waals surface area (Å²) in [6.45, 7) is 4.25. The van der Waals surface area contributed by atoms with E-state index in [1.165, 1.54) is 22.5 Å². The predicted octanol–water partition coefficient (Wildman–Crippen LogP) is 3.53. The SMILES string of the molecule is CC[C@@H](C)NC(=O)c1ccccc1NC(=O)C1CCN(S(=O)(=O)Cc2ccccc2F)CC1. The molecule has 2 amide bonds. The molecule has 178 valence electrons. The Morgan fingerprint density at radius 1 is 1.09 bits per heavy atom. The number of carbonyl (C=O) groups is 2. The molecule has 0 saturated carbocycles. The normalized spacial score (nSPS) is 16.2. The molecule has 2 aromatic carbocycles. The third-order valence-electron chi connectivity index (χ3n) is 5.93. The number of carbonyl (C=O) groups excluding carboxylic acids is 2. The van der Waals surface area contributed by atoms with Crippen LogP contribution in [0.1, 0.15) is 49.0 Å². The molecule has 0 unspecified atom stereocenters. The van der Waals surface area contributed by atoms with Crippen LogP contribution in [0, 0.1) is 11.7 Å². The lowest BCUT2D eigenvalue weighted by Gasteiger charge is -2.30. The number of nitrogens with zero attached hydrogens (tertiary/aromatic N) is 1. The second kappa shape index (κ2) is 10.9. The minimum atomic E-state index is -3.69. The first-order valence-corrected chi connectivity index (χ1v) is 12.7. The van der Waals surface area contributed by atoms with E-state index >= 15 is 0 Å². The highest BCUT2D eigenvalue weighted by atomic mass is 32.2. The van der Waals surface area contributed by atoms with E-state index < -0.39 is 21.6 Å². The highest BCUT2D eigenvalue weighted by Gasteiger charge is 2.32. The number of anilines is 1. The van der Waals surface area contributed by atoms with Crippen molar-refractivity contribution in [3.05, 3.63) is 65.5 Å². The molecule has 2 N–H and O–H groups in total. The largest absolute Gasteiger partial charge is 0.350 e. The molecule has 0 radical (unpaired) electrons. The standard InChI is InChI=1S/C24H30FN3O4S/c1-3-17(2)26-24(30)20-9-5-7-11-22(20)27-23(29)18-12-14-28(15-13-18)33(31,32)16-19-8-4-6-10-21(19)25/h4-11,17-18H,3,12-16H2,1-2H3,(H,26,30)(H,27,29)/t17-/m1/s1. The van der Waals surface area contributed by atoms with Gasteiger partial charge in [0.25, 0.3) is 5.91 Å². The van der Waals surface area contributed by atoms with Gasteiger partial charge in [-0.25, -0.2) is 17.1 Å². The van der Waals surface area contributed by atoms with Gasteiger partial charge in [-0.3, -0.25) is 9.59 Å². The van der Waals surface area contributed by atoms with E-state index in [4.69, 9.17) is 0 Å². The summed E-state index contributed by atoms with van der Waals surface area (Å²) in [7, 11) is -3.69. The van der Waals surface area contributed by atoms with Crippen molar-refractivity contribution in [2.75, 3.05) is 18.4 Å². The van der Waals surface area contributed by atoms with Crippen LogP contribution in [0.2, 0.25) is 0 Å². The number of amides is 2. The van der Waals surface area contributed by atoms with E-state index in [1.807, 2.05) is 13.8 Å².